The van der Waals surface area contributed by atoms with E-state index in [0.29, 0.717) is 29.6 Å². The van der Waals surface area contributed by atoms with E-state index in [1.54, 1.807) is 6.07 Å². The summed E-state index contributed by atoms with van der Waals surface area (Å²) in [5, 5.41) is 14.8. The van der Waals surface area contributed by atoms with Gasteiger partial charge in [0.25, 0.3) is 0 Å². The Hall–Kier alpha value is -1.92. The molecule has 1 heterocycles. The summed E-state index contributed by atoms with van der Waals surface area (Å²) in [6.07, 6.45) is 3.89. The first-order valence-corrected chi connectivity index (χ1v) is 5.58. The van der Waals surface area contributed by atoms with Crippen LogP contribution in [0.3, 0.4) is 0 Å². The lowest BCUT2D eigenvalue weighted by Gasteiger charge is -2.20. The van der Waals surface area contributed by atoms with Gasteiger partial charge in [-0.3, -0.25) is 0 Å². The fourth-order valence-electron chi connectivity index (χ4n) is 1.99. The number of aromatic nitrogens is 2. The monoisotopic (exact) mass is 257 g/mol. The van der Waals surface area contributed by atoms with E-state index in [1.807, 2.05) is 6.08 Å². The van der Waals surface area contributed by atoms with Crippen LogP contribution in [0.4, 0.5) is 13.6 Å². The molecule has 1 unspecified atom stereocenters. The predicted molar refractivity (Wildman–Crippen MR) is 60.3 cm³/mol. The minimum absolute atomic E-state index is 0.108. The molecule has 0 radical (unpaired) electrons. The zero-order valence-electron chi connectivity index (χ0n) is 9.51. The normalized spacial score (nSPS) is 19.7. The van der Waals surface area contributed by atoms with Crippen LogP contribution in [0.15, 0.2) is 18.3 Å². The zero-order chi connectivity index (χ0) is 13.1. The summed E-state index contributed by atoms with van der Waals surface area (Å²) in [5.74, 6) is 0. The molecule has 18 heavy (non-hydrogen) atoms. The Morgan fingerprint density at radius 1 is 1.61 bits per heavy atom. The average molecular weight is 257 g/mol. The highest BCUT2D eigenvalue weighted by atomic mass is 19.3. The molecule has 1 aliphatic rings. The van der Waals surface area contributed by atoms with Gasteiger partial charge in [0.1, 0.15) is 0 Å². The number of nitrogens with one attached hydrogen (secondary N) is 1. The molecule has 0 aromatic carbocycles. The quantitative estimate of drug-likeness (QED) is 0.874. The fraction of sp³-hybridized carbons (Fsp3) is 0.455. The van der Waals surface area contributed by atoms with Crippen LogP contribution < -0.4 is 5.32 Å². The first-order chi connectivity index (χ1) is 8.56. The van der Waals surface area contributed by atoms with E-state index >= 15 is 0 Å². The van der Waals surface area contributed by atoms with Crippen LogP contribution >= 0.6 is 0 Å². The first-order valence-electron chi connectivity index (χ1n) is 5.58. The molecular formula is C11H13F2N3O2. The number of carboxylic acid groups (broad SMARTS) is 1. The van der Waals surface area contributed by atoms with Gasteiger partial charge in [0.2, 0.25) is 0 Å². The van der Waals surface area contributed by atoms with E-state index in [1.165, 1.54) is 6.20 Å². The molecule has 1 aliphatic carbocycles. The highest BCUT2D eigenvalue weighted by molar-refractivity contribution is 5.66. The van der Waals surface area contributed by atoms with E-state index in [0.717, 1.165) is 5.57 Å². The SMILES string of the molecule is O=C(O)NC1CC=C(c2ccn(C(F)F)n2)CC1. The number of hydrogen-bond donors (Lipinski definition) is 2. The maximum Gasteiger partial charge on any atom is 0.404 e. The Bertz CT molecular complexity index is 471. The molecule has 0 bridgehead atoms. The van der Waals surface area contributed by atoms with Crippen molar-refractivity contribution >= 4 is 11.7 Å². The van der Waals surface area contributed by atoms with Crippen LogP contribution in [0.2, 0.25) is 0 Å². The minimum Gasteiger partial charge on any atom is -0.465 e. The molecule has 2 N–H and O–H groups in total. The Labute approximate surface area is 102 Å². The molecule has 7 heteroatoms. The molecule has 1 amide bonds. The maximum absolute atomic E-state index is 12.4. The van der Waals surface area contributed by atoms with Crippen molar-refractivity contribution in [2.45, 2.75) is 31.9 Å². The van der Waals surface area contributed by atoms with E-state index in [9.17, 15) is 13.6 Å². The van der Waals surface area contributed by atoms with Crippen molar-refractivity contribution in [2.75, 3.05) is 0 Å². The maximum atomic E-state index is 12.4. The number of halogens is 2. The molecular weight excluding hydrogens is 244 g/mol. The number of amides is 1. The van der Waals surface area contributed by atoms with Crippen molar-refractivity contribution in [1.29, 1.82) is 0 Å². The average Bonchev–Trinajstić information content (AvgIpc) is 2.78. The lowest BCUT2D eigenvalue weighted by atomic mass is 9.93. The highest BCUT2D eigenvalue weighted by Gasteiger charge is 2.18. The van der Waals surface area contributed by atoms with Crippen molar-refractivity contribution in [3.63, 3.8) is 0 Å². The third-order valence-corrected chi connectivity index (χ3v) is 2.88. The molecule has 0 saturated carbocycles. The van der Waals surface area contributed by atoms with Gasteiger partial charge in [0, 0.05) is 12.2 Å². The largest absolute Gasteiger partial charge is 0.465 e. The molecule has 2 rings (SSSR count). The lowest BCUT2D eigenvalue weighted by Crippen LogP contribution is -2.34. The second-order valence-electron chi connectivity index (χ2n) is 4.11. The summed E-state index contributed by atoms with van der Waals surface area (Å²) in [5.41, 5.74) is 1.42. The molecule has 1 atom stereocenters. The Morgan fingerprint density at radius 2 is 2.39 bits per heavy atom. The number of alkyl halides is 2. The highest BCUT2D eigenvalue weighted by Crippen LogP contribution is 2.26. The molecule has 1 aromatic heterocycles. The third-order valence-electron chi connectivity index (χ3n) is 2.88. The van der Waals surface area contributed by atoms with Crippen molar-refractivity contribution in [3.8, 4) is 0 Å². The number of nitrogens with zero attached hydrogens (tertiary/aromatic N) is 2. The fourth-order valence-corrected chi connectivity index (χ4v) is 1.99. The second kappa shape index (κ2) is 5.16. The van der Waals surface area contributed by atoms with E-state index in [2.05, 4.69) is 10.4 Å². The van der Waals surface area contributed by atoms with Crippen molar-refractivity contribution < 1.29 is 18.7 Å². The summed E-state index contributed by atoms with van der Waals surface area (Å²) in [6, 6.07) is 1.44. The topological polar surface area (TPSA) is 67.2 Å². The van der Waals surface area contributed by atoms with Crippen LogP contribution in [0.5, 0.6) is 0 Å². The molecule has 0 spiro atoms. The number of carbonyl (C=O) groups is 1. The summed E-state index contributed by atoms with van der Waals surface area (Å²) in [7, 11) is 0. The van der Waals surface area contributed by atoms with Gasteiger partial charge in [-0.1, -0.05) is 6.08 Å². The molecule has 0 fully saturated rings. The molecule has 0 aliphatic heterocycles. The summed E-state index contributed by atoms with van der Waals surface area (Å²) in [4.78, 5) is 10.5. The van der Waals surface area contributed by atoms with Crippen LogP contribution in [-0.4, -0.2) is 27.0 Å². The van der Waals surface area contributed by atoms with E-state index in [4.69, 9.17) is 5.11 Å². The van der Waals surface area contributed by atoms with Crippen molar-refractivity contribution in [3.05, 3.63) is 24.0 Å². The van der Waals surface area contributed by atoms with Crippen LogP contribution in [-0.2, 0) is 0 Å². The summed E-state index contributed by atoms with van der Waals surface area (Å²) < 4.78 is 25.3. The second-order valence-corrected chi connectivity index (χ2v) is 4.11. The molecule has 1 aromatic rings. The first kappa shape index (κ1) is 12.5. The van der Waals surface area contributed by atoms with Gasteiger partial charge in [0.15, 0.2) is 0 Å². The van der Waals surface area contributed by atoms with Gasteiger partial charge in [0.05, 0.1) is 5.69 Å². The Balaban J connectivity index is 2.02. The van der Waals surface area contributed by atoms with Gasteiger partial charge in [-0.2, -0.15) is 13.9 Å². The van der Waals surface area contributed by atoms with E-state index < -0.39 is 12.6 Å². The van der Waals surface area contributed by atoms with Gasteiger partial charge >= 0.3 is 12.6 Å². The minimum atomic E-state index is -2.63. The van der Waals surface area contributed by atoms with E-state index in [-0.39, 0.29) is 6.04 Å². The Kier molecular flexibility index (Phi) is 3.59. The number of rotatable bonds is 3. The van der Waals surface area contributed by atoms with Crippen LogP contribution in [0.25, 0.3) is 5.57 Å². The predicted octanol–water partition coefficient (Wildman–Crippen LogP) is 2.48. The molecule has 98 valence electrons. The number of allylic oxidation sites excluding steroid dienone is 1. The smallest absolute Gasteiger partial charge is 0.404 e. The van der Waals surface area contributed by atoms with Crippen molar-refractivity contribution in [2.24, 2.45) is 0 Å². The third kappa shape index (κ3) is 2.85. The van der Waals surface area contributed by atoms with Gasteiger partial charge < -0.3 is 10.4 Å². The summed E-state index contributed by atoms with van der Waals surface area (Å²) in [6.45, 7) is -2.63. The Morgan fingerprint density at radius 3 is 2.89 bits per heavy atom. The number of hydrogen-bond acceptors (Lipinski definition) is 2. The standard InChI is InChI=1S/C11H13F2N3O2/c12-10(13)16-6-5-9(15-16)7-1-3-8(4-2-7)14-11(17)18/h1,5-6,8,10,14H,2-4H2,(H,17,18). The molecule has 5 nitrogen and oxygen atoms in total. The van der Waals surface area contributed by atoms with Crippen molar-refractivity contribution in [1.82, 2.24) is 15.1 Å². The zero-order valence-corrected chi connectivity index (χ0v) is 9.51. The van der Waals surface area contributed by atoms with Gasteiger partial charge in [-0.25, -0.2) is 9.48 Å². The lowest BCUT2D eigenvalue weighted by molar-refractivity contribution is 0.0564. The molecule has 0 saturated heterocycles. The van der Waals surface area contributed by atoms with Gasteiger partial charge in [-0.05, 0) is 30.9 Å². The summed E-state index contributed by atoms with van der Waals surface area (Å²) >= 11 is 0. The van der Waals surface area contributed by atoms with Gasteiger partial charge in [-0.15, -0.1) is 0 Å². The van der Waals surface area contributed by atoms with Crippen LogP contribution in [0, 0.1) is 0 Å². The van der Waals surface area contributed by atoms with Crippen LogP contribution in [0.1, 0.15) is 31.5 Å².